The van der Waals surface area contributed by atoms with E-state index in [1.165, 1.54) is 0 Å². The summed E-state index contributed by atoms with van der Waals surface area (Å²) in [5.74, 6) is 0.336. The maximum absolute atomic E-state index is 11.5. The molecule has 1 aliphatic carbocycles. The second kappa shape index (κ2) is 16.3. The molecule has 0 saturated carbocycles. The number of methoxy groups -OCH3 is 2. The van der Waals surface area contributed by atoms with E-state index in [-0.39, 0.29) is 24.0 Å². The van der Waals surface area contributed by atoms with E-state index in [2.05, 4.69) is 32.7 Å². The molecule has 2 aliphatic heterocycles. The van der Waals surface area contributed by atoms with Crippen molar-refractivity contribution in [2.45, 2.75) is 63.8 Å². The van der Waals surface area contributed by atoms with Gasteiger partial charge in [0.25, 0.3) is 0 Å². The molecule has 278 valence electrons. The van der Waals surface area contributed by atoms with Crippen LogP contribution < -0.4 is 24.8 Å². The number of hydrogen-bond acceptors (Lipinski definition) is 9. The van der Waals surface area contributed by atoms with E-state index < -0.39 is 5.97 Å². The fourth-order valence-electron chi connectivity index (χ4n) is 7.65. The molecule has 53 heavy (non-hydrogen) atoms. The Morgan fingerprint density at radius 2 is 1.64 bits per heavy atom. The van der Waals surface area contributed by atoms with Crippen LogP contribution in [0.3, 0.4) is 0 Å². The number of hydrogen-bond donors (Lipinski definition) is 3. The number of pyridine rings is 2. The smallest absolute Gasteiger partial charge is 0.306 e. The quantitative estimate of drug-likeness (QED) is 0.133. The van der Waals surface area contributed by atoms with Gasteiger partial charge in [0, 0.05) is 54.4 Å². The SMILES string of the molecule is COc1nc(-c2cccc(-c3cccc4c3CC[C@@H]4Oc3nc(OC)c(CN4CCC(C(=O)O)CC4)cc3Cl)c2Cl)ccc1CNC[C@@H]1CCC(=O)N1. The summed E-state index contributed by atoms with van der Waals surface area (Å²) in [6, 6.07) is 18.1. The third-order valence-corrected chi connectivity index (χ3v) is 11.1. The Hall–Kier alpha value is -4.42. The van der Waals surface area contributed by atoms with E-state index in [1.807, 2.05) is 42.5 Å². The van der Waals surface area contributed by atoms with E-state index in [4.69, 9.17) is 42.4 Å². The molecule has 4 heterocycles. The first-order chi connectivity index (χ1) is 25.7. The number of nitrogens with one attached hydrogen (secondary N) is 2. The van der Waals surface area contributed by atoms with Crippen LogP contribution >= 0.6 is 23.2 Å². The van der Waals surface area contributed by atoms with Gasteiger partial charge in [-0.05, 0) is 74.0 Å². The number of aliphatic carboxylic acids is 1. The molecular weight excluding hydrogens is 717 g/mol. The van der Waals surface area contributed by atoms with Gasteiger partial charge in [-0.1, -0.05) is 65.7 Å². The summed E-state index contributed by atoms with van der Waals surface area (Å²) in [6.45, 7) is 3.17. The number of rotatable bonds is 13. The summed E-state index contributed by atoms with van der Waals surface area (Å²) in [4.78, 5) is 34.6. The number of amides is 1. The van der Waals surface area contributed by atoms with Gasteiger partial charge in [0.2, 0.25) is 23.5 Å². The maximum atomic E-state index is 11.5. The molecular formula is C40H43Cl2N5O6. The summed E-state index contributed by atoms with van der Waals surface area (Å²) in [7, 11) is 3.19. The molecule has 11 nitrogen and oxygen atoms in total. The normalized spacial score (nSPS) is 18.8. The number of ether oxygens (including phenoxy) is 3. The molecule has 0 unspecified atom stereocenters. The van der Waals surface area contributed by atoms with E-state index in [0.29, 0.717) is 85.4 Å². The molecule has 0 radical (unpaired) electrons. The van der Waals surface area contributed by atoms with Crippen LogP contribution in [0.25, 0.3) is 22.4 Å². The van der Waals surface area contributed by atoms with Crippen molar-refractivity contribution in [1.82, 2.24) is 25.5 Å². The fourth-order valence-corrected chi connectivity index (χ4v) is 8.19. The Bertz CT molecular complexity index is 2000. The van der Waals surface area contributed by atoms with Crippen LogP contribution in [0.2, 0.25) is 10.0 Å². The van der Waals surface area contributed by atoms with Crippen molar-refractivity contribution < 1.29 is 28.9 Å². The predicted molar refractivity (Wildman–Crippen MR) is 203 cm³/mol. The topological polar surface area (TPSA) is 135 Å². The molecule has 4 aromatic rings. The maximum Gasteiger partial charge on any atom is 0.306 e. The minimum absolute atomic E-state index is 0.100. The van der Waals surface area contributed by atoms with Gasteiger partial charge < -0.3 is 30.0 Å². The Morgan fingerprint density at radius 1 is 0.906 bits per heavy atom. The van der Waals surface area contributed by atoms with Gasteiger partial charge in [-0.15, -0.1) is 0 Å². The molecule has 2 atom stereocenters. The van der Waals surface area contributed by atoms with E-state index in [1.54, 1.807) is 14.2 Å². The second-order valence-electron chi connectivity index (χ2n) is 13.8. The Kier molecular flexibility index (Phi) is 11.4. The standard InChI is InChI=1S/C40H43Cl2N5O6/c1-51-37-24(20-43-21-26-10-14-35(48)44-26)9-12-33(45-37)31-8-4-7-30(36(31)42)27-5-3-6-29-28(27)11-13-34(29)53-39-32(41)19-25(38(46-39)52-2)22-47-17-15-23(16-18-47)40(49)50/h3-9,12,19,23,26,34,43H,10-11,13-18,20-22H2,1-2H3,(H,44,48)(H,49,50)/t26-,34-/m0/s1. The van der Waals surface area contributed by atoms with Gasteiger partial charge in [-0.2, -0.15) is 4.98 Å². The molecule has 2 aromatic heterocycles. The highest BCUT2D eigenvalue weighted by Gasteiger charge is 2.30. The number of piperidine rings is 1. The zero-order chi connectivity index (χ0) is 37.1. The molecule has 3 N–H and O–H groups in total. The van der Waals surface area contributed by atoms with Crippen molar-refractivity contribution in [2.24, 2.45) is 5.92 Å². The number of carbonyl (C=O) groups is 2. The Labute approximate surface area is 319 Å². The molecule has 2 saturated heterocycles. The number of carboxylic acid groups (broad SMARTS) is 1. The predicted octanol–water partition coefficient (Wildman–Crippen LogP) is 6.87. The van der Waals surface area contributed by atoms with Crippen LogP contribution in [-0.4, -0.2) is 71.7 Å². The van der Waals surface area contributed by atoms with Crippen LogP contribution in [0.5, 0.6) is 17.6 Å². The van der Waals surface area contributed by atoms with Gasteiger partial charge >= 0.3 is 5.97 Å². The zero-order valence-corrected chi connectivity index (χ0v) is 31.3. The summed E-state index contributed by atoms with van der Waals surface area (Å²) < 4.78 is 17.8. The van der Waals surface area contributed by atoms with Crippen molar-refractivity contribution in [3.8, 4) is 40.0 Å². The number of nitrogens with zero attached hydrogens (tertiary/aromatic N) is 3. The van der Waals surface area contributed by atoms with E-state index in [9.17, 15) is 14.7 Å². The van der Waals surface area contributed by atoms with Gasteiger partial charge in [0.05, 0.1) is 30.9 Å². The van der Waals surface area contributed by atoms with Crippen LogP contribution in [0.4, 0.5) is 0 Å². The fraction of sp³-hybridized carbons (Fsp3) is 0.400. The number of fused-ring (bicyclic) bond motifs is 1. The second-order valence-corrected chi connectivity index (χ2v) is 14.6. The van der Waals surface area contributed by atoms with Crippen LogP contribution in [0.15, 0.2) is 54.6 Å². The minimum atomic E-state index is -0.732. The third-order valence-electron chi connectivity index (χ3n) is 10.5. The molecule has 1 amide bonds. The highest BCUT2D eigenvalue weighted by molar-refractivity contribution is 6.36. The summed E-state index contributed by atoms with van der Waals surface area (Å²) in [6.07, 6.45) is 3.89. The Morgan fingerprint density at radius 3 is 2.38 bits per heavy atom. The average Bonchev–Trinajstić information content (AvgIpc) is 3.78. The number of halogens is 2. The van der Waals surface area contributed by atoms with Crippen molar-refractivity contribution in [1.29, 1.82) is 0 Å². The lowest BCUT2D eigenvalue weighted by atomic mass is 9.94. The number of carboxylic acids is 1. The minimum Gasteiger partial charge on any atom is -0.481 e. The van der Waals surface area contributed by atoms with Crippen molar-refractivity contribution in [3.63, 3.8) is 0 Å². The van der Waals surface area contributed by atoms with Crippen molar-refractivity contribution in [2.75, 3.05) is 33.9 Å². The highest BCUT2D eigenvalue weighted by atomic mass is 35.5. The Balaban J connectivity index is 1.07. The molecule has 13 heteroatoms. The highest BCUT2D eigenvalue weighted by Crippen LogP contribution is 2.45. The lowest BCUT2D eigenvalue weighted by Crippen LogP contribution is -2.35. The monoisotopic (exact) mass is 759 g/mol. The number of benzene rings is 2. The van der Waals surface area contributed by atoms with Crippen LogP contribution in [-0.2, 0) is 29.1 Å². The first kappa shape index (κ1) is 36.9. The molecule has 0 spiro atoms. The lowest BCUT2D eigenvalue weighted by Gasteiger charge is -2.30. The molecule has 2 fully saturated rings. The molecule has 3 aliphatic rings. The summed E-state index contributed by atoms with van der Waals surface area (Å²) in [5, 5.41) is 16.7. The number of carbonyl (C=O) groups excluding carboxylic acids is 1. The van der Waals surface area contributed by atoms with Gasteiger partial charge in [-0.3, -0.25) is 14.5 Å². The zero-order valence-electron chi connectivity index (χ0n) is 29.8. The van der Waals surface area contributed by atoms with Crippen LogP contribution in [0.1, 0.15) is 60.5 Å². The summed E-state index contributed by atoms with van der Waals surface area (Å²) in [5.41, 5.74) is 7.40. The molecule has 7 rings (SSSR count). The van der Waals surface area contributed by atoms with E-state index in [0.717, 1.165) is 58.2 Å². The van der Waals surface area contributed by atoms with E-state index >= 15 is 0 Å². The van der Waals surface area contributed by atoms with Crippen molar-refractivity contribution in [3.05, 3.63) is 86.9 Å². The van der Waals surface area contributed by atoms with Gasteiger partial charge in [0.1, 0.15) is 11.1 Å². The van der Waals surface area contributed by atoms with Crippen molar-refractivity contribution >= 4 is 35.1 Å². The van der Waals surface area contributed by atoms with Crippen LogP contribution in [0, 0.1) is 5.92 Å². The third kappa shape index (κ3) is 8.08. The average molecular weight is 761 g/mol. The van der Waals surface area contributed by atoms with Gasteiger partial charge in [0.15, 0.2) is 0 Å². The largest absolute Gasteiger partial charge is 0.481 e. The lowest BCUT2D eigenvalue weighted by molar-refractivity contribution is -0.143. The molecule has 0 bridgehead atoms. The first-order valence-corrected chi connectivity index (χ1v) is 18.8. The van der Waals surface area contributed by atoms with Gasteiger partial charge in [-0.25, -0.2) is 4.98 Å². The number of aromatic nitrogens is 2. The number of likely N-dealkylation sites (tertiary alicyclic amines) is 1. The molecule has 2 aromatic carbocycles. The first-order valence-electron chi connectivity index (χ1n) is 18.0. The summed E-state index contributed by atoms with van der Waals surface area (Å²) >= 11 is 13.9.